The van der Waals surface area contributed by atoms with E-state index in [-0.39, 0.29) is 0 Å². The van der Waals surface area contributed by atoms with Gasteiger partial charge in [0.2, 0.25) is 0 Å². The van der Waals surface area contributed by atoms with Gasteiger partial charge in [-0.2, -0.15) is 8.39 Å². The van der Waals surface area contributed by atoms with Crippen LogP contribution in [0.4, 0.5) is 8.39 Å². The van der Waals surface area contributed by atoms with Gasteiger partial charge in [-0.25, -0.2) is 0 Å². The van der Waals surface area contributed by atoms with Gasteiger partial charge in [-0.15, -0.1) is 0 Å². The summed E-state index contributed by atoms with van der Waals surface area (Å²) in [7, 11) is -1.31. The normalized spacial score (nSPS) is 9.00. The van der Waals surface area contributed by atoms with Crippen LogP contribution in [0.25, 0.3) is 0 Å². The van der Waals surface area contributed by atoms with Crippen LogP contribution in [-0.2, 0) is 0 Å². The molecule has 0 spiro atoms. The maximum atomic E-state index is 10.4. The van der Waals surface area contributed by atoms with E-state index in [1.807, 2.05) is 0 Å². The van der Waals surface area contributed by atoms with Gasteiger partial charge in [0, 0.05) is 0 Å². The van der Waals surface area contributed by atoms with Crippen molar-refractivity contribution >= 4 is 56.7 Å². The first-order chi connectivity index (χ1) is 5.20. The molecule has 1 unspecified atom stereocenters. The number of hydrogen-bond acceptors (Lipinski definition) is 0. The Morgan fingerprint density at radius 2 is 0.833 bits per heavy atom. The SMILES string of the molecule is FP(F)P.[CH3][Sn]([CH3])[CH3].[CH3][Sn]([CH3])[CH3]. The van der Waals surface area contributed by atoms with Crippen molar-refractivity contribution in [2.45, 2.75) is 29.6 Å². The van der Waals surface area contributed by atoms with Crippen LogP contribution in [0.15, 0.2) is 0 Å². The van der Waals surface area contributed by atoms with Crippen molar-refractivity contribution in [3.8, 4) is 0 Å². The van der Waals surface area contributed by atoms with E-state index in [1.54, 1.807) is 0 Å². The Morgan fingerprint density at radius 3 is 0.833 bits per heavy atom. The zero-order chi connectivity index (χ0) is 10.7. The predicted octanol–water partition coefficient (Wildman–Crippen LogP) is 4.77. The Morgan fingerprint density at radius 1 is 0.833 bits per heavy atom. The quantitative estimate of drug-likeness (QED) is 0.384. The summed E-state index contributed by atoms with van der Waals surface area (Å²) in [5.41, 5.74) is 0. The maximum absolute atomic E-state index is 10.4. The van der Waals surface area contributed by atoms with Gasteiger partial charge < -0.3 is 0 Å². The van der Waals surface area contributed by atoms with Crippen LogP contribution in [0.2, 0.25) is 29.6 Å². The third-order valence-electron chi connectivity index (χ3n) is 0. The first-order valence-electron chi connectivity index (χ1n) is 3.60. The first kappa shape index (κ1) is 19.8. The van der Waals surface area contributed by atoms with E-state index in [9.17, 15) is 8.39 Å². The second kappa shape index (κ2) is 15.8. The van der Waals surface area contributed by atoms with Crippen LogP contribution >= 0.6 is 17.2 Å². The molecule has 0 N–H and O–H groups in total. The van der Waals surface area contributed by atoms with Crippen molar-refractivity contribution in [2.24, 2.45) is 0 Å². The van der Waals surface area contributed by atoms with E-state index >= 15 is 0 Å². The molecule has 0 aliphatic heterocycles. The summed E-state index contributed by atoms with van der Waals surface area (Å²) < 4.78 is 20.7. The van der Waals surface area contributed by atoms with Gasteiger partial charge in [0.1, 0.15) is 0 Å². The van der Waals surface area contributed by atoms with Crippen LogP contribution in [0, 0.1) is 0 Å². The van der Waals surface area contributed by atoms with E-state index < -0.39 is 47.8 Å². The molecular formula is C6H20F2P2Sn2. The Balaban J connectivity index is -0.000000101. The topological polar surface area (TPSA) is 0 Å². The standard InChI is InChI=1S/6CH3.F2H2P2.2Sn/c;;;;;;1-4(2)3;;/h6*1H3;3H2;;. The monoisotopic (exact) mass is 432 g/mol. The van der Waals surface area contributed by atoms with E-state index in [4.69, 9.17) is 0 Å². The van der Waals surface area contributed by atoms with Gasteiger partial charge in [-0.3, -0.25) is 0 Å². The molecule has 1 atom stereocenters. The van der Waals surface area contributed by atoms with Crippen molar-refractivity contribution in [1.29, 1.82) is 0 Å². The molecule has 76 valence electrons. The molecule has 12 heavy (non-hydrogen) atoms. The van der Waals surface area contributed by atoms with Gasteiger partial charge in [-0.05, 0) is 8.93 Å². The average molecular weight is 430 g/mol. The molecule has 0 aliphatic rings. The Labute approximate surface area is 93.8 Å². The third-order valence-corrected chi connectivity index (χ3v) is 0. The molecular weight excluding hydrogens is 409 g/mol. The molecule has 0 aliphatic carbocycles. The predicted molar refractivity (Wildman–Crippen MR) is 65.5 cm³/mol. The van der Waals surface area contributed by atoms with Crippen LogP contribution in [0.1, 0.15) is 0 Å². The molecule has 0 fully saturated rings. The van der Waals surface area contributed by atoms with Crippen molar-refractivity contribution in [1.82, 2.24) is 0 Å². The second-order valence-corrected chi connectivity index (χ2v) is 22.1. The fraction of sp³-hybridized carbons (Fsp3) is 1.00. The van der Waals surface area contributed by atoms with E-state index in [0.717, 1.165) is 0 Å². The molecule has 0 saturated carbocycles. The van der Waals surface area contributed by atoms with Gasteiger partial charge in [0.05, 0.1) is 0 Å². The Hall–Kier alpha value is 2.32. The molecule has 0 heterocycles. The van der Waals surface area contributed by atoms with E-state index in [2.05, 4.69) is 29.6 Å². The fourth-order valence-electron chi connectivity index (χ4n) is 0. The molecule has 0 aromatic heterocycles. The molecule has 0 bridgehead atoms. The summed E-state index contributed by atoms with van der Waals surface area (Å²) in [4.78, 5) is 14.2. The summed E-state index contributed by atoms with van der Waals surface area (Å²) >= 11 is -1.09. The summed E-state index contributed by atoms with van der Waals surface area (Å²) in [5, 5.41) is 0. The second-order valence-electron chi connectivity index (χ2n) is 3.26. The van der Waals surface area contributed by atoms with Crippen LogP contribution < -0.4 is 0 Å². The van der Waals surface area contributed by atoms with Crippen LogP contribution in [0.3, 0.4) is 0 Å². The van der Waals surface area contributed by atoms with Crippen LogP contribution in [-0.4, -0.2) is 39.5 Å². The number of halogens is 2. The molecule has 0 rings (SSSR count). The van der Waals surface area contributed by atoms with E-state index in [0.29, 0.717) is 0 Å². The van der Waals surface area contributed by atoms with Crippen molar-refractivity contribution in [2.75, 3.05) is 0 Å². The summed E-state index contributed by atoms with van der Waals surface area (Å²) in [6, 6.07) is 0. The molecule has 0 aromatic rings. The van der Waals surface area contributed by atoms with Crippen LogP contribution in [0.5, 0.6) is 0 Å². The van der Waals surface area contributed by atoms with Gasteiger partial charge in [0.15, 0.2) is 0 Å². The minimum absolute atomic E-state index is 0.543. The zero-order valence-corrected chi connectivity index (χ0v) is 16.5. The number of hydrogen-bond donors (Lipinski definition) is 0. The molecule has 6 heteroatoms. The number of rotatable bonds is 0. The Bertz CT molecular complexity index is 50.0. The Kier molecular flexibility index (Phi) is 26.1. The molecule has 2 radical (unpaired) electrons. The van der Waals surface area contributed by atoms with Gasteiger partial charge >= 0.3 is 69.2 Å². The summed E-state index contributed by atoms with van der Waals surface area (Å²) in [6.07, 6.45) is 0. The van der Waals surface area contributed by atoms with Gasteiger partial charge in [0.25, 0.3) is 8.23 Å². The van der Waals surface area contributed by atoms with Crippen molar-refractivity contribution in [3.63, 3.8) is 0 Å². The third kappa shape index (κ3) is 294. The molecule has 0 aromatic carbocycles. The summed E-state index contributed by atoms with van der Waals surface area (Å²) in [6.45, 7) is 0. The zero-order valence-electron chi connectivity index (χ0n) is 8.78. The molecule has 0 saturated heterocycles. The van der Waals surface area contributed by atoms with Crippen molar-refractivity contribution in [3.05, 3.63) is 0 Å². The molecule has 0 amide bonds. The average Bonchev–Trinajstić information content (AvgIpc) is 1.54. The van der Waals surface area contributed by atoms with E-state index in [1.165, 1.54) is 8.93 Å². The fourth-order valence-corrected chi connectivity index (χ4v) is 0. The molecule has 0 nitrogen and oxygen atoms in total. The van der Waals surface area contributed by atoms with Crippen molar-refractivity contribution < 1.29 is 8.39 Å². The first-order valence-corrected chi connectivity index (χ1v) is 23.5. The summed E-state index contributed by atoms with van der Waals surface area (Å²) in [5.74, 6) is 0. The minimum atomic E-state index is -2.70. The van der Waals surface area contributed by atoms with Gasteiger partial charge in [-0.1, -0.05) is 0 Å².